The average Bonchev–Trinajstić information content (AvgIpc) is 3.03. The lowest BCUT2D eigenvalue weighted by Gasteiger charge is -2.18. The predicted molar refractivity (Wildman–Crippen MR) is 62.4 cm³/mol. The Labute approximate surface area is 108 Å². The van der Waals surface area contributed by atoms with E-state index in [1.165, 1.54) is 6.07 Å². The van der Waals surface area contributed by atoms with Crippen molar-refractivity contribution in [2.24, 2.45) is 11.7 Å². The zero-order valence-electron chi connectivity index (χ0n) is 9.47. The minimum atomic E-state index is -4.48. The van der Waals surface area contributed by atoms with Crippen LogP contribution in [0.2, 0.25) is 5.02 Å². The van der Waals surface area contributed by atoms with Gasteiger partial charge in [-0.25, -0.2) is 0 Å². The van der Waals surface area contributed by atoms with Gasteiger partial charge in [-0.2, -0.15) is 13.2 Å². The fourth-order valence-electron chi connectivity index (χ4n) is 2.39. The number of aliphatic hydroxyl groups is 1. The summed E-state index contributed by atoms with van der Waals surface area (Å²) in [6.07, 6.45) is -3.87. The molecule has 1 aliphatic rings. The Morgan fingerprint density at radius 2 is 2.11 bits per heavy atom. The van der Waals surface area contributed by atoms with Gasteiger partial charge in [0.25, 0.3) is 0 Å². The number of hydrogen-bond acceptors (Lipinski definition) is 2. The lowest BCUT2D eigenvalue weighted by atomic mass is 9.92. The first-order valence-electron chi connectivity index (χ1n) is 5.53. The first-order chi connectivity index (χ1) is 8.35. The molecule has 100 valence electrons. The van der Waals surface area contributed by atoms with Crippen LogP contribution in [0.15, 0.2) is 18.2 Å². The van der Waals surface area contributed by atoms with Crippen LogP contribution in [-0.2, 0) is 11.6 Å². The van der Waals surface area contributed by atoms with Gasteiger partial charge in [-0.3, -0.25) is 0 Å². The molecule has 0 spiro atoms. The third kappa shape index (κ3) is 2.11. The number of benzene rings is 1. The van der Waals surface area contributed by atoms with Gasteiger partial charge in [0, 0.05) is 18.6 Å². The van der Waals surface area contributed by atoms with Gasteiger partial charge in [-0.05, 0) is 30.0 Å². The number of nitrogens with two attached hydrogens (primary N) is 1. The predicted octanol–water partition coefficient (Wildman–Crippen LogP) is 2.57. The van der Waals surface area contributed by atoms with Gasteiger partial charge in [-0.1, -0.05) is 17.7 Å². The number of aliphatic hydroxyl groups excluding tert-OH is 1. The van der Waals surface area contributed by atoms with E-state index in [-0.39, 0.29) is 24.1 Å². The molecule has 0 aromatic heterocycles. The van der Waals surface area contributed by atoms with E-state index in [4.69, 9.17) is 22.4 Å². The molecule has 2 rings (SSSR count). The van der Waals surface area contributed by atoms with Crippen LogP contribution >= 0.6 is 11.6 Å². The molecule has 2 atom stereocenters. The van der Waals surface area contributed by atoms with Crippen molar-refractivity contribution in [3.05, 3.63) is 34.3 Å². The molecule has 1 saturated carbocycles. The Balaban J connectivity index is 2.42. The molecule has 1 aromatic carbocycles. The van der Waals surface area contributed by atoms with Crippen LogP contribution < -0.4 is 5.73 Å². The monoisotopic (exact) mass is 279 g/mol. The molecule has 2 nitrogen and oxygen atoms in total. The van der Waals surface area contributed by atoms with Crippen LogP contribution in [0.3, 0.4) is 0 Å². The maximum atomic E-state index is 12.8. The fraction of sp³-hybridized carbons (Fsp3) is 0.500. The summed E-state index contributed by atoms with van der Waals surface area (Å²) in [6, 6.07) is 3.84. The van der Waals surface area contributed by atoms with E-state index in [1.807, 2.05) is 0 Å². The largest absolute Gasteiger partial charge is 0.417 e. The zero-order chi connectivity index (χ0) is 13.6. The quantitative estimate of drug-likeness (QED) is 0.893. The van der Waals surface area contributed by atoms with Crippen molar-refractivity contribution in [1.29, 1.82) is 0 Å². The fourth-order valence-corrected chi connectivity index (χ4v) is 2.62. The molecular formula is C12H13ClF3NO. The highest BCUT2D eigenvalue weighted by Crippen LogP contribution is 2.54. The second-order valence-corrected chi connectivity index (χ2v) is 5.04. The summed E-state index contributed by atoms with van der Waals surface area (Å²) in [5.41, 5.74) is 4.76. The third-order valence-corrected chi connectivity index (χ3v) is 3.99. The highest BCUT2D eigenvalue weighted by atomic mass is 35.5. The second kappa shape index (κ2) is 4.40. The van der Waals surface area contributed by atoms with Crippen molar-refractivity contribution in [3.63, 3.8) is 0 Å². The first kappa shape index (κ1) is 13.6. The van der Waals surface area contributed by atoms with E-state index in [0.29, 0.717) is 12.0 Å². The Morgan fingerprint density at radius 3 is 2.56 bits per heavy atom. The molecule has 0 saturated heterocycles. The molecule has 0 aliphatic heterocycles. The van der Waals surface area contributed by atoms with Gasteiger partial charge >= 0.3 is 6.18 Å². The second-order valence-electron chi connectivity index (χ2n) is 4.64. The van der Waals surface area contributed by atoms with Gasteiger partial charge in [0.05, 0.1) is 10.6 Å². The van der Waals surface area contributed by atoms with E-state index < -0.39 is 17.2 Å². The number of hydrogen-bond donors (Lipinski definition) is 2. The average molecular weight is 280 g/mol. The summed E-state index contributed by atoms with van der Waals surface area (Å²) in [5.74, 6) is -0.0650. The van der Waals surface area contributed by atoms with Crippen molar-refractivity contribution in [1.82, 2.24) is 0 Å². The van der Waals surface area contributed by atoms with Gasteiger partial charge in [-0.15, -0.1) is 0 Å². The van der Waals surface area contributed by atoms with E-state index in [2.05, 4.69) is 0 Å². The van der Waals surface area contributed by atoms with E-state index in [9.17, 15) is 13.2 Å². The molecule has 18 heavy (non-hydrogen) atoms. The standard InChI is InChI=1S/C12H13ClF3NO/c13-10-2-1-7(3-9(10)12(14,15)16)11(6-17)4-8(11)5-18/h1-3,8,18H,4-6,17H2. The van der Waals surface area contributed by atoms with Crippen molar-refractivity contribution in [2.75, 3.05) is 13.2 Å². The molecule has 0 amide bonds. The summed E-state index contributed by atoms with van der Waals surface area (Å²) in [6.45, 7) is 0.151. The molecule has 1 aliphatic carbocycles. The summed E-state index contributed by atoms with van der Waals surface area (Å²) in [4.78, 5) is 0. The molecule has 0 radical (unpaired) electrons. The molecule has 2 unspecified atom stereocenters. The van der Waals surface area contributed by atoms with Crippen LogP contribution in [0, 0.1) is 5.92 Å². The molecule has 0 heterocycles. The maximum absolute atomic E-state index is 12.8. The maximum Gasteiger partial charge on any atom is 0.417 e. The van der Waals surface area contributed by atoms with E-state index >= 15 is 0 Å². The summed E-state index contributed by atoms with van der Waals surface area (Å²) >= 11 is 5.56. The van der Waals surface area contributed by atoms with Crippen molar-refractivity contribution in [3.8, 4) is 0 Å². The van der Waals surface area contributed by atoms with E-state index in [0.717, 1.165) is 6.07 Å². The minimum absolute atomic E-state index is 0.0650. The van der Waals surface area contributed by atoms with Crippen molar-refractivity contribution >= 4 is 11.6 Å². The van der Waals surface area contributed by atoms with Gasteiger partial charge < -0.3 is 10.8 Å². The van der Waals surface area contributed by atoms with Crippen LogP contribution in [0.5, 0.6) is 0 Å². The van der Waals surface area contributed by atoms with Crippen LogP contribution in [0.25, 0.3) is 0 Å². The number of halogens is 4. The van der Waals surface area contributed by atoms with E-state index in [1.54, 1.807) is 6.07 Å². The first-order valence-corrected chi connectivity index (χ1v) is 5.91. The highest BCUT2D eigenvalue weighted by Gasteiger charge is 2.54. The Morgan fingerprint density at radius 1 is 1.44 bits per heavy atom. The molecule has 0 bridgehead atoms. The summed E-state index contributed by atoms with van der Waals surface area (Å²) in [5, 5.41) is 8.79. The van der Waals surface area contributed by atoms with Crippen molar-refractivity contribution in [2.45, 2.75) is 18.0 Å². The Hall–Kier alpha value is -0.780. The molecular weight excluding hydrogens is 267 g/mol. The zero-order valence-corrected chi connectivity index (χ0v) is 10.2. The summed E-state index contributed by atoms with van der Waals surface area (Å²) in [7, 11) is 0. The van der Waals surface area contributed by atoms with Crippen LogP contribution in [0.4, 0.5) is 13.2 Å². The van der Waals surface area contributed by atoms with Gasteiger partial charge in [0.2, 0.25) is 0 Å². The Kier molecular flexibility index (Phi) is 3.34. The van der Waals surface area contributed by atoms with Gasteiger partial charge in [0.15, 0.2) is 0 Å². The van der Waals surface area contributed by atoms with Crippen LogP contribution in [-0.4, -0.2) is 18.3 Å². The summed E-state index contributed by atoms with van der Waals surface area (Å²) < 4.78 is 38.3. The Bertz CT molecular complexity index is 463. The minimum Gasteiger partial charge on any atom is -0.396 e. The number of alkyl halides is 3. The van der Waals surface area contributed by atoms with Crippen molar-refractivity contribution < 1.29 is 18.3 Å². The highest BCUT2D eigenvalue weighted by molar-refractivity contribution is 6.31. The lowest BCUT2D eigenvalue weighted by Crippen LogP contribution is -2.24. The molecule has 1 aromatic rings. The SMILES string of the molecule is NCC1(c2ccc(Cl)c(C(F)(F)F)c2)CC1CO. The van der Waals surface area contributed by atoms with Crippen LogP contribution in [0.1, 0.15) is 17.5 Å². The topological polar surface area (TPSA) is 46.2 Å². The molecule has 6 heteroatoms. The third-order valence-electron chi connectivity index (χ3n) is 3.66. The smallest absolute Gasteiger partial charge is 0.396 e. The molecule has 3 N–H and O–H groups in total. The lowest BCUT2D eigenvalue weighted by molar-refractivity contribution is -0.137. The molecule has 1 fully saturated rings. The number of rotatable bonds is 3. The van der Waals surface area contributed by atoms with Gasteiger partial charge in [0.1, 0.15) is 0 Å². The normalized spacial score (nSPS) is 27.3.